The summed E-state index contributed by atoms with van der Waals surface area (Å²) in [6.45, 7) is 0. The quantitative estimate of drug-likeness (QED) is 0.239. The van der Waals surface area contributed by atoms with Crippen molar-refractivity contribution < 1.29 is 62.1 Å². The van der Waals surface area contributed by atoms with Gasteiger partial charge in [0.05, 0.1) is 0 Å². The van der Waals surface area contributed by atoms with E-state index in [1.807, 2.05) is 0 Å². The average Bonchev–Trinajstić information content (AvgIpc) is 2.60. The van der Waals surface area contributed by atoms with Gasteiger partial charge in [0.1, 0.15) is 44.3 Å². The summed E-state index contributed by atoms with van der Waals surface area (Å²) in [5.41, 5.74) is 0. The summed E-state index contributed by atoms with van der Waals surface area (Å²) in [4.78, 5) is 19.9. The maximum atomic E-state index is 9.97. The number of hydrogen-bond donors (Lipinski definition) is 0. The molecule has 0 saturated carbocycles. The third kappa shape index (κ3) is 8.29. The van der Waals surface area contributed by atoms with Crippen LogP contribution in [0.3, 0.4) is 0 Å². The minimum Gasteiger partial charge on any atom is -0.755 e. The van der Waals surface area contributed by atoms with Crippen LogP contribution in [0.15, 0.2) is 0 Å². The summed E-state index contributed by atoms with van der Waals surface area (Å²) >= 11 is 2.80. The summed E-state index contributed by atoms with van der Waals surface area (Å²) in [5, 5.41) is 0. The first-order valence-corrected chi connectivity index (χ1v) is 9.38. The van der Waals surface area contributed by atoms with E-state index in [-0.39, 0.29) is 27.3 Å². The number of phosphoric acid groups is 2. The molecule has 0 bridgehead atoms. The van der Waals surface area contributed by atoms with E-state index in [1.54, 1.807) is 0 Å². The molecule has 15 heteroatoms. The van der Waals surface area contributed by atoms with Crippen molar-refractivity contribution >= 4 is 59.9 Å². The molecule has 0 N–H and O–H groups in total. The molecule has 0 aromatic heterocycles. The molecule has 0 amide bonds. The normalized spacial score (nSPS) is 26.3. The van der Waals surface area contributed by atoms with E-state index >= 15 is 0 Å². The van der Waals surface area contributed by atoms with Crippen molar-refractivity contribution in [1.82, 2.24) is 0 Å². The van der Waals surface area contributed by atoms with E-state index in [2.05, 4.69) is 15.9 Å². The first-order chi connectivity index (χ1) is 6.41. The Labute approximate surface area is 121 Å². The summed E-state index contributed by atoms with van der Waals surface area (Å²) in [6.07, 6.45) is 0. The van der Waals surface area contributed by atoms with Gasteiger partial charge in [-0.25, -0.2) is 15.9 Å². The van der Waals surface area contributed by atoms with Crippen molar-refractivity contribution in [2.75, 3.05) is 0 Å². The van der Waals surface area contributed by atoms with E-state index < -0.39 is 15.6 Å². The number of rotatable bonds is 0. The molecule has 0 aromatic carbocycles. The Morgan fingerprint density at radius 2 is 0.933 bits per heavy atom. The molecule has 0 aromatic rings. The molecule has 0 aliphatic carbocycles. The van der Waals surface area contributed by atoms with Gasteiger partial charge in [-0.1, -0.05) is 0 Å². The van der Waals surface area contributed by atoms with Crippen LogP contribution in [0.25, 0.3) is 0 Å². The number of hydrogen-bond acceptors (Lipinski definition) is 12. The zero-order valence-electron chi connectivity index (χ0n) is 6.50. The van der Waals surface area contributed by atoms with Crippen molar-refractivity contribution in [2.45, 2.75) is 0 Å². The third-order valence-electron chi connectivity index (χ3n) is 0.542. The Balaban J connectivity index is 0.000000245. The molecule has 0 atom stereocenters. The SMILES string of the molecule is O=P1([O-])OSSO1.O=P1([O-])OSSO1.[Cd+2]. The van der Waals surface area contributed by atoms with Crippen molar-refractivity contribution in [1.29, 1.82) is 0 Å². The molecule has 15 heavy (non-hydrogen) atoms. The van der Waals surface area contributed by atoms with Crippen LogP contribution in [-0.2, 0) is 52.3 Å². The van der Waals surface area contributed by atoms with Crippen LogP contribution in [-0.4, -0.2) is 0 Å². The minimum atomic E-state index is -3.87. The topological polar surface area (TPSA) is 117 Å². The van der Waals surface area contributed by atoms with Gasteiger partial charge in [-0.3, -0.25) is 9.13 Å². The second-order valence-corrected chi connectivity index (χ2v) is 7.82. The largest absolute Gasteiger partial charge is 2.00 e. The van der Waals surface area contributed by atoms with Crippen LogP contribution in [0.4, 0.5) is 0 Å². The van der Waals surface area contributed by atoms with Gasteiger partial charge in [0.25, 0.3) is 15.6 Å². The molecular weight excluding hydrogens is 431 g/mol. The molecule has 0 spiro atoms. The zero-order chi connectivity index (χ0) is 10.7. The van der Waals surface area contributed by atoms with Crippen LogP contribution in [0.5, 0.6) is 0 Å². The van der Waals surface area contributed by atoms with Gasteiger partial charge in [0, 0.05) is 0 Å². The summed E-state index contributed by atoms with van der Waals surface area (Å²) < 4.78 is 35.9. The molecule has 8 nitrogen and oxygen atoms in total. The van der Waals surface area contributed by atoms with Crippen molar-refractivity contribution in [3.8, 4) is 0 Å². The molecule has 0 unspecified atom stereocenters. The molecule has 2 aliphatic heterocycles. The monoisotopic (exact) mass is 432 g/mol. The fraction of sp³-hybridized carbons (Fsp3) is 0. The maximum Gasteiger partial charge on any atom is 2.00 e. The molecule has 84 valence electrons. The first-order valence-electron chi connectivity index (χ1n) is 2.46. The first kappa shape index (κ1) is 17.5. The second-order valence-electron chi connectivity index (χ2n) is 1.46. The van der Waals surface area contributed by atoms with E-state index in [1.165, 1.54) is 0 Å². The van der Waals surface area contributed by atoms with Crippen LogP contribution >= 0.6 is 59.9 Å². The standard InChI is InChI=1S/Cd.2HO4PS2/c;2*1-5(2)3-6-7-4-5/h;2*(H,1,2)/q+2;;/p-2. The minimum absolute atomic E-state index is 0. The van der Waals surface area contributed by atoms with Gasteiger partial charge in [0.2, 0.25) is 0 Å². The van der Waals surface area contributed by atoms with Gasteiger partial charge >= 0.3 is 27.3 Å². The predicted octanol–water partition coefficient (Wildman–Crippen LogP) is 1.42. The molecule has 2 rings (SSSR count). The van der Waals surface area contributed by atoms with Gasteiger partial charge in [0.15, 0.2) is 0 Å². The van der Waals surface area contributed by atoms with Crippen LogP contribution in [0.1, 0.15) is 0 Å². The van der Waals surface area contributed by atoms with Crippen molar-refractivity contribution in [2.24, 2.45) is 0 Å². The van der Waals surface area contributed by atoms with E-state index in [0.29, 0.717) is 44.3 Å². The zero-order valence-corrected chi connectivity index (χ0v) is 15.6. The molecular formula is CdO8P2S4. The van der Waals surface area contributed by atoms with Crippen LogP contribution in [0.2, 0.25) is 0 Å². The summed E-state index contributed by atoms with van der Waals surface area (Å²) in [7, 11) is -7.73. The fourth-order valence-corrected chi connectivity index (χ4v) is 6.04. The molecule has 2 heterocycles. The Morgan fingerprint density at radius 1 is 0.733 bits per heavy atom. The van der Waals surface area contributed by atoms with E-state index in [9.17, 15) is 18.9 Å². The molecule has 0 radical (unpaired) electrons. The van der Waals surface area contributed by atoms with Crippen LogP contribution < -0.4 is 9.79 Å². The average molecular weight is 431 g/mol. The second kappa shape index (κ2) is 7.86. The maximum absolute atomic E-state index is 9.97. The summed E-state index contributed by atoms with van der Waals surface area (Å²) in [5.74, 6) is 0. The van der Waals surface area contributed by atoms with Gasteiger partial charge in [-0.05, 0) is 0 Å². The Bertz CT molecular complexity index is 234. The van der Waals surface area contributed by atoms with Gasteiger partial charge < -0.3 is 9.79 Å². The molecule has 2 aliphatic rings. The van der Waals surface area contributed by atoms with Gasteiger partial charge in [-0.15, -0.1) is 0 Å². The van der Waals surface area contributed by atoms with Crippen molar-refractivity contribution in [3.05, 3.63) is 0 Å². The third-order valence-corrected chi connectivity index (χ3v) is 7.07. The van der Waals surface area contributed by atoms with Crippen molar-refractivity contribution in [3.63, 3.8) is 0 Å². The Morgan fingerprint density at radius 3 is 1.00 bits per heavy atom. The van der Waals surface area contributed by atoms with E-state index in [0.717, 1.165) is 0 Å². The predicted molar refractivity (Wildman–Crippen MR) is 49.9 cm³/mol. The summed E-state index contributed by atoms with van der Waals surface area (Å²) in [6, 6.07) is 0. The van der Waals surface area contributed by atoms with Crippen LogP contribution in [0, 0.1) is 0 Å². The fourth-order valence-electron chi connectivity index (χ4n) is 0.224. The molecule has 2 fully saturated rings. The van der Waals surface area contributed by atoms with E-state index in [4.69, 9.17) is 0 Å². The Hall–Kier alpha value is 2.54. The smallest absolute Gasteiger partial charge is 0.755 e. The molecule has 2 saturated heterocycles. The Kier molecular flexibility index (Phi) is 9.20. The van der Waals surface area contributed by atoms with Gasteiger partial charge in [-0.2, -0.15) is 0 Å².